The Hall–Kier alpha value is -4.00. The molecule has 4 rings (SSSR count). The predicted octanol–water partition coefficient (Wildman–Crippen LogP) is 7.30. The molecule has 0 aliphatic rings. The summed E-state index contributed by atoms with van der Waals surface area (Å²) < 4.78 is 23.1. The van der Waals surface area contributed by atoms with E-state index in [4.69, 9.17) is 18.9 Å². The lowest BCUT2D eigenvalue weighted by Gasteiger charge is -2.13. The fraction of sp³-hybridized carbons (Fsp3) is 0.333. The highest BCUT2D eigenvalue weighted by Crippen LogP contribution is 2.30. The van der Waals surface area contributed by atoms with E-state index in [0.29, 0.717) is 13.2 Å². The molecule has 0 radical (unpaired) electrons. The van der Waals surface area contributed by atoms with Crippen LogP contribution in [0.15, 0.2) is 97.1 Å². The van der Waals surface area contributed by atoms with Crippen molar-refractivity contribution < 1.29 is 18.9 Å². The SMILES string of the molecule is COc1cc(CNCCCCCCNCc2ccc(OCc3ccccc3)c(OC)c2)ccc1OCc1ccccc1. The van der Waals surface area contributed by atoms with Gasteiger partial charge < -0.3 is 29.6 Å². The zero-order valence-electron chi connectivity index (χ0n) is 24.9. The van der Waals surface area contributed by atoms with Crippen LogP contribution in [0.4, 0.5) is 0 Å². The first kappa shape index (κ1) is 30.9. The Morgan fingerprint density at radius 1 is 0.452 bits per heavy atom. The summed E-state index contributed by atoms with van der Waals surface area (Å²) in [7, 11) is 3.37. The van der Waals surface area contributed by atoms with Crippen molar-refractivity contribution in [3.05, 3.63) is 119 Å². The van der Waals surface area contributed by atoms with Gasteiger partial charge in [-0.25, -0.2) is 0 Å². The molecule has 4 aromatic carbocycles. The zero-order valence-corrected chi connectivity index (χ0v) is 24.9. The number of hydrogen-bond donors (Lipinski definition) is 2. The van der Waals surface area contributed by atoms with Crippen molar-refractivity contribution in [3.8, 4) is 23.0 Å². The molecule has 222 valence electrons. The van der Waals surface area contributed by atoms with Crippen LogP contribution in [0.25, 0.3) is 0 Å². The molecule has 0 heterocycles. The van der Waals surface area contributed by atoms with E-state index >= 15 is 0 Å². The second kappa shape index (κ2) is 17.7. The van der Waals surface area contributed by atoms with Gasteiger partial charge in [0.1, 0.15) is 13.2 Å². The Morgan fingerprint density at radius 3 is 1.29 bits per heavy atom. The molecule has 0 saturated carbocycles. The lowest BCUT2D eigenvalue weighted by Crippen LogP contribution is -2.16. The maximum absolute atomic E-state index is 5.97. The number of methoxy groups -OCH3 is 2. The molecular weight excluding hydrogens is 524 g/mol. The second-order valence-electron chi connectivity index (χ2n) is 10.3. The normalized spacial score (nSPS) is 10.8. The summed E-state index contributed by atoms with van der Waals surface area (Å²) >= 11 is 0. The molecule has 0 amide bonds. The van der Waals surface area contributed by atoms with Gasteiger partial charge in [-0.15, -0.1) is 0 Å². The maximum atomic E-state index is 5.97. The Kier molecular flexibility index (Phi) is 13.1. The van der Waals surface area contributed by atoms with Gasteiger partial charge in [0.2, 0.25) is 0 Å². The van der Waals surface area contributed by atoms with E-state index in [2.05, 4.69) is 59.2 Å². The van der Waals surface area contributed by atoms with Crippen molar-refractivity contribution in [2.45, 2.75) is 52.0 Å². The number of benzene rings is 4. The van der Waals surface area contributed by atoms with Crippen LogP contribution in [0.2, 0.25) is 0 Å². The van der Waals surface area contributed by atoms with Gasteiger partial charge >= 0.3 is 0 Å². The number of unbranched alkanes of at least 4 members (excludes halogenated alkanes) is 3. The molecule has 0 aromatic heterocycles. The zero-order chi connectivity index (χ0) is 29.2. The van der Waals surface area contributed by atoms with Gasteiger partial charge in [0.15, 0.2) is 23.0 Å². The fourth-order valence-corrected chi connectivity index (χ4v) is 4.67. The molecule has 4 aromatic rings. The topological polar surface area (TPSA) is 61.0 Å². The van der Waals surface area contributed by atoms with Crippen molar-refractivity contribution in [1.29, 1.82) is 0 Å². The Bertz CT molecular complexity index is 1210. The van der Waals surface area contributed by atoms with Crippen molar-refractivity contribution >= 4 is 0 Å². The highest BCUT2D eigenvalue weighted by atomic mass is 16.5. The molecular formula is C36H44N2O4. The molecule has 6 nitrogen and oxygen atoms in total. The fourth-order valence-electron chi connectivity index (χ4n) is 4.67. The highest BCUT2D eigenvalue weighted by Gasteiger charge is 2.08. The first-order valence-electron chi connectivity index (χ1n) is 14.8. The van der Waals surface area contributed by atoms with Crippen LogP contribution in [-0.4, -0.2) is 27.3 Å². The minimum atomic E-state index is 0.525. The van der Waals surface area contributed by atoms with Gasteiger partial charge in [-0.3, -0.25) is 0 Å². The number of rotatable bonds is 19. The quantitative estimate of drug-likeness (QED) is 0.116. The third kappa shape index (κ3) is 10.4. The predicted molar refractivity (Wildman–Crippen MR) is 169 cm³/mol. The molecule has 2 N–H and O–H groups in total. The van der Waals surface area contributed by atoms with E-state index < -0.39 is 0 Å². The summed E-state index contributed by atoms with van der Waals surface area (Å²) in [4.78, 5) is 0. The lowest BCUT2D eigenvalue weighted by molar-refractivity contribution is 0.284. The highest BCUT2D eigenvalue weighted by molar-refractivity contribution is 5.44. The molecule has 0 spiro atoms. The number of ether oxygens (including phenoxy) is 4. The average molecular weight is 569 g/mol. The summed E-state index contributed by atoms with van der Waals surface area (Å²) in [6, 6.07) is 32.6. The Labute approximate surface area is 251 Å². The van der Waals surface area contributed by atoms with Crippen molar-refractivity contribution in [2.24, 2.45) is 0 Å². The first-order chi connectivity index (χ1) is 20.7. The van der Waals surface area contributed by atoms with E-state index in [9.17, 15) is 0 Å². The standard InChI is InChI=1S/C36H44N2O4/c1-39-35-23-31(17-19-33(35)41-27-29-13-7-5-8-14-29)25-37-21-11-3-4-12-22-38-26-32-18-20-34(36(24-32)40-2)42-28-30-15-9-6-10-16-30/h5-10,13-20,23-24,37-38H,3-4,11-12,21-22,25-28H2,1-2H3. The summed E-state index contributed by atoms with van der Waals surface area (Å²) in [5, 5.41) is 7.11. The van der Waals surface area contributed by atoms with Crippen molar-refractivity contribution in [3.63, 3.8) is 0 Å². The summed E-state index contributed by atoms with van der Waals surface area (Å²) in [5.74, 6) is 3.07. The Balaban J connectivity index is 1.05. The molecule has 0 aliphatic carbocycles. The molecule has 6 heteroatoms. The average Bonchev–Trinajstić information content (AvgIpc) is 3.05. The van der Waals surface area contributed by atoms with Gasteiger partial charge in [-0.2, -0.15) is 0 Å². The van der Waals surface area contributed by atoms with Crippen molar-refractivity contribution in [2.75, 3.05) is 27.3 Å². The van der Waals surface area contributed by atoms with E-state index in [1.165, 1.54) is 24.0 Å². The van der Waals surface area contributed by atoms with Gasteiger partial charge in [0.05, 0.1) is 14.2 Å². The molecule has 0 fully saturated rings. The third-order valence-corrected chi connectivity index (χ3v) is 7.05. The number of hydrogen-bond acceptors (Lipinski definition) is 6. The molecule has 0 unspecified atom stereocenters. The van der Waals surface area contributed by atoms with E-state index in [1.54, 1.807) is 14.2 Å². The van der Waals surface area contributed by atoms with Crippen LogP contribution >= 0.6 is 0 Å². The largest absolute Gasteiger partial charge is 0.493 e. The lowest BCUT2D eigenvalue weighted by atomic mass is 10.1. The molecule has 0 bridgehead atoms. The minimum Gasteiger partial charge on any atom is -0.493 e. The van der Waals surface area contributed by atoms with Gasteiger partial charge in [-0.1, -0.05) is 85.6 Å². The summed E-state index contributed by atoms with van der Waals surface area (Å²) in [6.45, 7) is 4.68. The van der Waals surface area contributed by atoms with Gasteiger partial charge in [0, 0.05) is 13.1 Å². The second-order valence-corrected chi connectivity index (χ2v) is 10.3. The van der Waals surface area contributed by atoms with E-state index in [1.807, 2.05) is 48.5 Å². The van der Waals surface area contributed by atoms with Crippen LogP contribution < -0.4 is 29.6 Å². The summed E-state index contributed by atoms with van der Waals surface area (Å²) in [6.07, 6.45) is 4.76. The van der Waals surface area contributed by atoms with Crippen molar-refractivity contribution in [1.82, 2.24) is 10.6 Å². The maximum Gasteiger partial charge on any atom is 0.161 e. The van der Waals surface area contributed by atoms with Crippen LogP contribution in [-0.2, 0) is 26.3 Å². The number of nitrogens with one attached hydrogen (secondary N) is 2. The Morgan fingerprint density at radius 2 is 0.881 bits per heavy atom. The van der Waals surface area contributed by atoms with Crippen LogP contribution in [0.3, 0.4) is 0 Å². The van der Waals surface area contributed by atoms with E-state index in [-0.39, 0.29) is 0 Å². The third-order valence-electron chi connectivity index (χ3n) is 7.05. The van der Waals surface area contributed by atoms with Crippen LogP contribution in [0.1, 0.15) is 47.9 Å². The van der Waals surface area contributed by atoms with Gasteiger partial charge in [-0.05, 0) is 72.5 Å². The molecule has 42 heavy (non-hydrogen) atoms. The minimum absolute atomic E-state index is 0.525. The first-order valence-corrected chi connectivity index (χ1v) is 14.8. The monoisotopic (exact) mass is 568 g/mol. The van der Waals surface area contributed by atoms with E-state index in [0.717, 1.165) is 73.1 Å². The van der Waals surface area contributed by atoms with Gasteiger partial charge in [0.25, 0.3) is 0 Å². The molecule has 0 aliphatic heterocycles. The molecule has 0 saturated heterocycles. The smallest absolute Gasteiger partial charge is 0.161 e. The van der Waals surface area contributed by atoms with Crippen LogP contribution in [0.5, 0.6) is 23.0 Å². The summed E-state index contributed by atoms with van der Waals surface area (Å²) in [5.41, 5.74) is 4.65. The molecule has 0 atom stereocenters. The van der Waals surface area contributed by atoms with Crippen LogP contribution in [0, 0.1) is 0 Å².